The van der Waals surface area contributed by atoms with Crippen molar-refractivity contribution < 1.29 is 4.79 Å². The fourth-order valence-corrected chi connectivity index (χ4v) is 3.65. The van der Waals surface area contributed by atoms with Gasteiger partial charge in [0, 0.05) is 14.2 Å². The summed E-state index contributed by atoms with van der Waals surface area (Å²) in [6.45, 7) is 0. The Morgan fingerprint density at radius 2 is 2.10 bits per heavy atom. The molecule has 106 valence electrons. The molecular formula is C14H9ClIN3OS. The Balaban J connectivity index is 1.89. The normalized spacial score (nSPS) is 10.8. The van der Waals surface area contributed by atoms with E-state index in [9.17, 15) is 4.79 Å². The summed E-state index contributed by atoms with van der Waals surface area (Å²) in [6.07, 6.45) is 0. The van der Waals surface area contributed by atoms with Crippen LogP contribution >= 0.6 is 45.5 Å². The Kier molecular flexibility index (Phi) is 4.01. The zero-order valence-electron chi connectivity index (χ0n) is 10.6. The van der Waals surface area contributed by atoms with E-state index >= 15 is 0 Å². The maximum absolute atomic E-state index is 12.3. The van der Waals surface area contributed by atoms with Gasteiger partial charge in [0.25, 0.3) is 5.91 Å². The standard InChI is InChI=1S/C14H9ClIN3OS/c15-8-2-4-10(9(16)6-8)18-13(20)7-1-3-11-12(5-7)21-14(17)19-11/h1-6H,(H2,17,19)(H,18,20). The van der Waals surface area contributed by atoms with Gasteiger partial charge in [-0.3, -0.25) is 4.79 Å². The lowest BCUT2D eigenvalue weighted by Crippen LogP contribution is -2.12. The molecule has 0 atom stereocenters. The Morgan fingerprint density at radius 3 is 2.86 bits per heavy atom. The Labute approximate surface area is 143 Å². The van der Waals surface area contributed by atoms with E-state index in [1.54, 1.807) is 36.4 Å². The van der Waals surface area contributed by atoms with E-state index in [1.165, 1.54) is 11.3 Å². The number of hydrogen-bond acceptors (Lipinski definition) is 4. The minimum Gasteiger partial charge on any atom is -0.375 e. The highest BCUT2D eigenvalue weighted by Gasteiger charge is 2.10. The molecule has 7 heteroatoms. The van der Waals surface area contributed by atoms with Gasteiger partial charge in [-0.2, -0.15) is 0 Å². The molecule has 0 fully saturated rings. The largest absolute Gasteiger partial charge is 0.375 e. The highest BCUT2D eigenvalue weighted by molar-refractivity contribution is 14.1. The number of anilines is 2. The van der Waals surface area contributed by atoms with Gasteiger partial charge >= 0.3 is 0 Å². The number of nitrogens with two attached hydrogens (primary N) is 1. The third-order valence-electron chi connectivity index (χ3n) is 2.85. The van der Waals surface area contributed by atoms with E-state index in [2.05, 4.69) is 32.9 Å². The maximum Gasteiger partial charge on any atom is 0.255 e. The van der Waals surface area contributed by atoms with E-state index in [-0.39, 0.29) is 5.91 Å². The predicted octanol–water partition coefficient (Wildman–Crippen LogP) is 4.39. The molecule has 3 N–H and O–H groups in total. The first-order chi connectivity index (χ1) is 10.0. The van der Waals surface area contributed by atoms with Crippen LogP contribution < -0.4 is 11.1 Å². The fraction of sp³-hybridized carbons (Fsp3) is 0. The van der Waals surface area contributed by atoms with Crippen molar-refractivity contribution in [3.05, 3.63) is 50.6 Å². The number of rotatable bonds is 2. The fourth-order valence-electron chi connectivity index (χ4n) is 1.87. The van der Waals surface area contributed by atoms with Crippen LogP contribution in [0.4, 0.5) is 10.8 Å². The second-order valence-electron chi connectivity index (χ2n) is 4.31. The molecule has 0 aliphatic rings. The van der Waals surface area contributed by atoms with Gasteiger partial charge in [-0.05, 0) is 59.0 Å². The summed E-state index contributed by atoms with van der Waals surface area (Å²) in [6, 6.07) is 10.6. The average Bonchev–Trinajstić information content (AvgIpc) is 2.80. The van der Waals surface area contributed by atoms with E-state index < -0.39 is 0 Å². The molecule has 1 aromatic heterocycles. The van der Waals surface area contributed by atoms with Gasteiger partial charge in [0.15, 0.2) is 5.13 Å². The molecule has 2 aromatic carbocycles. The second-order valence-corrected chi connectivity index (χ2v) is 6.97. The molecule has 0 aliphatic carbocycles. The van der Waals surface area contributed by atoms with E-state index in [1.807, 2.05) is 0 Å². The number of thiazole rings is 1. The average molecular weight is 430 g/mol. The monoisotopic (exact) mass is 429 g/mol. The minimum atomic E-state index is -0.177. The summed E-state index contributed by atoms with van der Waals surface area (Å²) in [5.41, 5.74) is 7.77. The number of halogens is 2. The number of nitrogen functional groups attached to an aromatic ring is 1. The number of carbonyl (C=O) groups excluding carboxylic acids is 1. The second kappa shape index (κ2) is 5.78. The summed E-state index contributed by atoms with van der Waals surface area (Å²) in [5.74, 6) is -0.177. The molecule has 1 amide bonds. The molecule has 0 radical (unpaired) electrons. The number of nitrogens with one attached hydrogen (secondary N) is 1. The van der Waals surface area contributed by atoms with Crippen LogP contribution in [0, 0.1) is 3.57 Å². The molecule has 3 rings (SSSR count). The van der Waals surface area contributed by atoms with Gasteiger partial charge in [0.1, 0.15) is 0 Å². The summed E-state index contributed by atoms with van der Waals surface area (Å²) < 4.78 is 1.78. The molecule has 0 spiro atoms. The highest BCUT2D eigenvalue weighted by Crippen LogP contribution is 2.26. The summed E-state index contributed by atoms with van der Waals surface area (Å²) >= 11 is 9.40. The first-order valence-electron chi connectivity index (χ1n) is 5.95. The Morgan fingerprint density at radius 1 is 1.29 bits per heavy atom. The van der Waals surface area contributed by atoms with Crippen LogP contribution in [0.15, 0.2) is 36.4 Å². The topological polar surface area (TPSA) is 68.0 Å². The van der Waals surface area contributed by atoms with Gasteiger partial charge in [-0.15, -0.1) is 0 Å². The zero-order valence-corrected chi connectivity index (χ0v) is 14.3. The summed E-state index contributed by atoms with van der Waals surface area (Å²) in [4.78, 5) is 16.5. The first kappa shape index (κ1) is 14.6. The molecule has 3 aromatic rings. The molecule has 21 heavy (non-hydrogen) atoms. The maximum atomic E-state index is 12.3. The molecule has 0 saturated carbocycles. The van der Waals surface area contributed by atoms with Crippen molar-refractivity contribution in [3.63, 3.8) is 0 Å². The summed E-state index contributed by atoms with van der Waals surface area (Å²) in [5, 5.41) is 4.01. The number of amides is 1. The Hall–Kier alpha value is -1.38. The minimum absolute atomic E-state index is 0.177. The van der Waals surface area contributed by atoms with Gasteiger partial charge in [0.2, 0.25) is 0 Å². The van der Waals surface area contributed by atoms with Crippen molar-refractivity contribution in [1.82, 2.24) is 4.98 Å². The Bertz CT molecular complexity index is 849. The summed E-state index contributed by atoms with van der Waals surface area (Å²) in [7, 11) is 0. The van der Waals surface area contributed by atoms with Gasteiger partial charge in [-0.25, -0.2) is 4.98 Å². The number of benzene rings is 2. The molecular weight excluding hydrogens is 421 g/mol. The van der Waals surface area contributed by atoms with Crippen LogP contribution in [0.2, 0.25) is 5.02 Å². The highest BCUT2D eigenvalue weighted by atomic mass is 127. The molecule has 0 saturated heterocycles. The van der Waals surface area contributed by atoms with Gasteiger partial charge in [-0.1, -0.05) is 22.9 Å². The van der Waals surface area contributed by atoms with Crippen molar-refractivity contribution in [3.8, 4) is 0 Å². The van der Waals surface area contributed by atoms with Crippen LogP contribution in [0.3, 0.4) is 0 Å². The van der Waals surface area contributed by atoms with Crippen LogP contribution in [-0.2, 0) is 0 Å². The number of hydrogen-bond donors (Lipinski definition) is 2. The van der Waals surface area contributed by atoms with Crippen LogP contribution in [-0.4, -0.2) is 10.9 Å². The molecule has 0 bridgehead atoms. The van der Waals surface area contributed by atoms with Crippen molar-refractivity contribution in [1.29, 1.82) is 0 Å². The lowest BCUT2D eigenvalue weighted by molar-refractivity contribution is 0.102. The van der Waals surface area contributed by atoms with E-state index in [0.717, 1.165) is 19.5 Å². The van der Waals surface area contributed by atoms with Gasteiger partial charge in [0.05, 0.1) is 15.9 Å². The molecule has 1 heterocycles. The van der Waals surface area contributed by atoms with Crippen LogP contribution in [0.1, 0.15) is 10.4 Å². The van der Waals surface area contributed by atoms with E-state index in [0.29, 0.717) is 15.7 Å². The van der Waals surface area contributed by atoms with Crippen molar-refractivity contribution in [2.24, 2.45) is 0 Å². The molecule has 4 nitrogen and oxygen atoms in total. The smallest absolute Gasteiger partial charge is 0.255 e. The lowest BCUT2D eigenvalue weighted by atomic mass is 10.2. The number of aromatic nitrogens is 1. The third kappa shape index (κ3) is 3.12. The van der Waals surface area contributed by atoms with Crippen molar-refractivity contribution >= 4 is 72.5 Å². The van der Waals surface area contributed by atoms with E-state index in [4.69, 9.17) is 17.3 Å². The quantitative estimate of drug-likeness (QED) is 0.594. The lowest BCUT2D eigenvalue weighted by Gasteiger charge is -2.07. The van der Waals surface area contributed by atoms with Crippen LogP contribution in [0.5, 0.6) is 0 Å². The third-order valence-corrected chi connectivity index (χ3v) is 4.82. The van der Waals surface area contributed by atoms with Crippen molar-refractivity contribution in [2.45, 2.75) is 0 Å². The number of nitrogens with zero attached hydrogens (tertiary/aromatic N) is 1. The predicted molar refractivity (Wildman–Crippen MR) is 96.2 cm³/mol. The van der Waals surface area contributed by atoms with Crippen molar-refractivity contribution in [2.75, 3.05) is 11.1 Å². The first-order valence-corrected chi connectivity index (χ1v) is 8.23. The van der Waals surface area contributed by atoms with Crippen LogP contribution in [0.25, 0.3) is 10.2 Å². The SMILES string of the molecule is Nc1nc2ccc(C(=O)Nc3ccc(Cl)cc3I)cc2s1. The van der Waals surface area contributed by atoms with Gasteiger partial charge < -0.3 is 11.1 Å². The number of carbonyl (C=O) groups is 1. The molecule has 0 unspecified atom stereocenters. The zero-order chi connectivity index (χ0) is 15.0. The molecule has 0 aliphatic heterocycles. The number of fused-ring (bicyclic) bond motifs is 1.